The molecule has 0 spiro atoms. The second kappa shape index (κ2) is 7.30. The van der Waals surface area contributed by atoms with Crippen molar-refractivity contribution in [1.29, 1.82) is 0 Å². The van der Waals surface area contributed by atoms with Gasteiger partial charge in [-0.05, 0) is 35.9 Å². The second-order valence-electron chi connectivity index (χ2n) is 6.13. The zero-order chi connectivity index (χ0) is 18.6. The fraction of sp³-hybridized carbons (Fsp3) is 0.0435. The van der Waals surface area contributed by atoms with Gasteiger partial charge in [-0.3, -0.25) is 4.79 Å². The maximum atomic E-state index is 13.0. The number of benzene rings is 3. The molecule has 3 aromatic rings. The van der Waals surface area contributed by atoms with Crippen molar-refractivity contribution in [2.75, 3.05) is 12.4 Å². The molecule has 0 aliphatic carbocycles. The number of amides is 1. The average Bonchev–Trinajstić information content (AvgIpc) is 2.85. The summed E-state index contributed by atoms with van der Waals surface area (Å²) in [5.74, 6) is 0.547. The fourth-order valence-electron chi connectivity index (χ4n) is 3.00. The molecule has 1 heterocycles. The molecule has 1 aliphatic rings. The van der Waals surface area contributed by atoms with Gasteiger partial charge < -0.3 is 10.1 Å². The molecule has 0 fully saturated rings. The highest BCUT2D eigenvalue weighted by Crippen LogP contribution is 2.31. The summed E-state index contributed by atoms with van der Waals surface area (Å²) in [5.41, 5.74) is 4.34. The molecule has 0 unspecified atom stereocenters. The van der Waals surface area contributed by atoms with Crippen molar-refractivity contribution in [3.8, 4) is 5.75 Å². The lowest BCUT2D eigenvalue weighted by atomic mass is 9.99. The van der Waals surface area contributed by atoms with Crippen LogP contribution >= 0.6 is 0 Å². The Kier molecular flexibility index (Phi) is 4.54. The molecule has 0 saturated heterocycles. The summed E-state index contributed by atoms with van der Waals surface area (Å²) < 4.78 is 5.30. The van der Waals surface area contributed by atoms with Crippen molar-refractivity contribution in [1.82, 2.24) is 0 Å². The average molecular weight is 354 g/mol. The van der Waals surface area contributed by atoms with Crippen LogP contribution in [0.5, 0.6) is 5.75 Å². The molecule has 1 N–H and O–H groups in total. The first-order valence-corrected chi connectivity index (χ1v) is 8.65. The van der Waals surface area contributed by atoms with Gasteiger partial charge >= 0.3 is 0 Å². The summed E-state index contributed by atoms with van der Waals surface area (Å²) in [5, 5.41) is 2.97. The topological polar surface area (TPSA) is 50.7 Å². The Morgan fingerprint density at radius 3 is 2.52 bits per heavy atom. The van der Waals surface area contributed by atoms with Crippen LogP contribution in [0.15, 0.2) is 89.4 Å². The lowest BCUT2D eigenvalue weighted by Crippen LogP contribution is -2.19. The normalized spacial score (nSPS) is 14.8. The van der Waals surface area contributed by atoms with E-state index >= 15 is 0 Å². The van der Waals surface area contributed by atoms with Crippen LogP contribution in [-0.2, 0) is 4.79 Å². The minimum absolute atomic E-state index is 0.189. The second-order valence-corrected chi connectivity index (χ2v) is 6.13. The van der Waals surface area contributed by atoms with Gasteiger partial charge in [0.2, 0.25) is 0 Å². The Morgan fingerprint density at radius 1 is 0.926 bits per heavy atom. The number of para-hydroxylation sites is 2. The van der Waals surface area contributed by atoms with Gasteiger partial charge in [0.15, 0.2) is 0 Å². The van der Waals surface area contributed by atoms with E-state index in [4.69, 9.17) is 9.73 Å². The maximum absolute atomic E-state index is 13.0. The SMILES string of the molecule is COc1cccc(/C=C2\C(=O)Nc3ccccc3N=C2c2ccccc2)c1. The molecule has 1 amide bonds. The van der Waals surface area contributed by atoms with E-state index in [2.05, 4.69) is 5.32 Å². The van der Waals surface area contributed by atoms with Gasteiger partial charge in [0.25, 0.3) is 5.91 Å². The Balaban J connectivity index is 1.90. The minimum atomic E-state index is -0.189. The molecular formula is C23H18N2O2. The van der Waals surface area contributed by atoms with Crippen LogP contribution in [0.4, 0.5) is 11.4 Å². The van der Waals surface area contributed by atoms with Gasteiger partial charge in [-0.25, -0.2) is 4.99 Å². The van der Waals surface area contributed by atoms with Crippen LogP contribution in [0.3, 0.4) is 0 Å². The number of hydrogen-bond donors (Lipinski definition) is 1. The smallest absolute Gasteiger partial charge is 0.257 e. The first kappa shape index (κ1) is 16.8. The van der Waals surface area contributed by atoms with Crippen LogP contribution in [0, 0.1) is 0 Å². The number of fused-ring (bicyclic) bond motifs is 1. The van der Waals surface area contributed by atoms with Gasteiger partial charge in [0.05, 0.1) is 29.8 Å². The molecule has 4 nitrogen and oxygen atoms in total. The third-order valence-electron chi connectivity index (χ3n) is 4.34. The zero-order valence-corrected chi connectivity index (χ0v) is 14.8. The van der Waals surface area contributed by atoms with Crippen LogP contribution in [-0.4, -0.2) is 18.7 Å². The lowest BCUT2D eigenvalue weighted by molar-refractivity contribution is -0.112. The van der Waals surface area contributed by atoms with E-state index in [-0.39, 0.29) is 5.91 Å². The predicted octanol–water partition coefficient (Wildman–Crippen LogP) is 4.85. The number of nitrogens with zero attached hydrogens (tertiary/aromatic N) is 1. The van der Waals surface area contributed by atoms with E-state index in [0.29, 0.717) is 17.0 Å². The van der Waals surface area contributed by atoms with Crippen molar-refractivity contribution in [3.05, 3.63) is 95.6 Å². The highest BCUT2D eigenvalue weighted by molar-refractivity contribution is 6.35. The molecule has 1 aliphatic heterocycles. The number of hydrogen-bond acceptors (Lipinski definition) is 3. The van der Waals surface area contributed by atoms with Crippen LogP contribution in [0.25, 0.3) is 6.08 Å². The van der Waals surface area contributed by atoms with Gasteiger partial charge in [-0.2, -0.15) is 0 Å². The van der Waals surface area contributed by atoms with Crippen LogP contribution in [0.1, 0.15) is 11.1 Å². The van der Waals surface area contributed by atoms with Gasteiger partial charge in [0.1, 0.15) is 5.75 Å². The fourth-order valence-corrected chi connectivity index (χ4v) is 3.00. The van der Waals surface area contributed by atoms with E-state index in [1.54, 1.807) is 7.11 Å². The van der Waals surface area contributed by atoms with E-state index in [1.807, 2.05) is 84.9 Å². The molecule has 4 rings (SSSR count). The highest BCUT2D eigenvalue weighted by Gasteiger charge is 2.23. The monoisotopic (exact) mass is 354 g/mol. The van der Waals surface area contributed by atoms with E-state index in [9.17, 15) is 4.79 Å². The molecule has 3 aromatic carbocycles. The van der Waals surface area contributed by atoms with Crippen molar-refractivity contribution >= 4 is 29.1 Å². The quantitative estimate of drug-likeness (QED) is 0.684. The molecule has 0 bridgehead atoms. The predicted molar refractivity (Wildman–Crippen MR) is 109 cm³/mol. The maximum Gasteiger partial charge on any atom is 0.257 e. The molecule has 4 heteroatoms. The lowest BCUT2D eigenvalue weighted by Gasteiger charge is -2.09. The summed E-state index contributed by atoms with van der Waals surface area (Å²) >= 11 is 0. The number of carbonyl (C=O) groups is 1. The molecule has 0 saturated carbocycles. The summed E-state index contributed by atoms with van der Waals surface area (Å²) in [4.78, 5) is 17.8. The van der Waals surface area contributed by atoms with Crippen LogP contribution < -0.4 is 10.1 Å². The first-order valence-electron chi connectivity index (χ1n) is 8.65. The minimum Gasteiger partial charge on any atom is -0.497 e. The molecular weight excluding hydrogens is 336 g/mol. The Morgan fingerprint density at radius 2 is 1.70 bits per heavy atom. The van der Waals surface area contributed by atoms with Crippen molar-refractivity contribution in [3.63, 3.8) is 0 Å². The van der Waals surface area contributed by atoms with Gasteiger partial charge in [0, 0.05) is 5.56 Å². The third kappa shape index (κ3) is 3.51. The van der Waals surface area contributed by atoms with Crippen molar-refractivity contribution in [2.24, 2.45) is 4.99 Å². The summed E-state index contributed by atoms with van der Waals surface area (Å²) in [7, 11) is 1.62. The largest absolute Gasteiger partial charge is 0.497 e. The molecule has 0 aromatic heterocycles. The molecule has 132 valence electrons. The molecule has 0 radical (unpaired) electrons. The summed E-state index contributed by atoms with van der Waals surface area (Å²) in [6.07, 6.45) is 1.84. The Bertz CT molecular complexity index is 1050. The highest BCUT2D eigenvalue weighted by atomic mass is 16.5. The summed E-state index contributed by atoms with van der Waals surface area (Å²) in [6.45, 7) is 0. The van der Waals surface area contributed by atoms with Crippen molar-refractivity contribution in [2.45, 2.75) is 0 Å². The van der Waals surface area contributed by atoms with E-state index < -0.39 is 0 Å². The standard InChI is InChI=1S/C23H18N2O2/c1-27-18-11-7-8-16(14-18)15-19-22(17-9-3-2-4-10-17)24-20-12-5-6-13-21(20)25-23(19)26/h2-15H,1H3,(H,25,26)/b19-15-. The molecule has 0 atom stereocenters. The van der Waals surface area contributed by atoms with Gasteiger partial charge in [-0.15, -0.1) is 0 Å². The number of methoxy groups -OCH3 is 1. The third-order valence-corrected chi connectivity index (χ3v) is 4.34. The van der Waals surface area contributed by atoms with Crippen molar-refractivity contribution < 1.29 is 9.53 Å². The number of ether oxygens (including phenoxy) is 1. The number of rotatable bonds is 3. The zero-order valence-electron chi connectivity index (χ0n) is 14.8. The van der Waals surface area contributed by atoms with Crippen LogP contribution in [0.2, 0.25) is 0 Å². The first-order chi connectivity index (χ1) is 13.2. The number of aliphatic imine (C=N–C) groups is 1. The Labute approximate surface area is 157 Å². The van der Waals surface area contributed by atoms with E-state index in [0.717, 1.165) is 22.6 Å². The number of anilines is 1. The van der Waals surface area contributed by atoms with Gasteiger partial charge in [-0.1, -0.05) is 54.6 Å². The van der Waals surface area contributed by atoms with E-state index in [1.165, 1.54) is 0 Å². The number of nitrogens with one attached hydrogen (secondary N) is 1. The summed E-state index contributed by atoms with van der Waals surface area (Å²) in [6, 6.07) is 24.9. The Hall–Kier alpha value is -3.66. The number of carbonyl (C=O) groups excluding carboxylic acids is 1. The molecule has 27 heavy (non-hydrogen) atoms.